The van der Waals surface area contributed by atoms with E-state index >= 15 is 0 Å². The SMILES string of the molecule is O=C(CS(=O)(=O)c1ccc2ccccc2c1)NC1CCCCC1. The molecule has 0 aliphatic heterocycles. The van der Waals surface area contributed by atoms with Crippen molar-refractivity contribution in [1.29, 1.82) is 0 Å². The standard InChI is InChI=1S/C18H21NO3S/c20-18(19-16-8-2-1-3-9-16)13-23(21,22)17-11-10-14-6-4-5-7-15(14)12-17/h4-7,10-12,16H,1-3,8-9,13H2,(H,19,20). The maximum absolute atomic E-state index is 12.5. The first-order valence-corrected chi connectivity index (χ1v) is 9.71. The summed E-state index contributed by atoms with van der Waals surface area (Å²) < 4.78 is 24.9. The molecule has 0 heterocycles. The van der Waals surface area contributed by atoms with Crippen LogP contribution in [-0.4, -0.2) is 26.1 Å². The van der Waals surface area contributed by atoms with E-state index in [2.05, 4.69) is 5.32 Å². The van der Waals surface area contributed by atoms with Gasteiger partial charge in [-0.1, -0.05) is 49.6 Å². The van der Waals surface area contributed by atoms with Gasteiger partial charge in [0.15, 0.2) is 9.84 Å². The number of carbonyl (C=O) groups is 1. The van der Waals surface area contributed by atoms with Crippen molar-refractivity contribution in [3.05, 3.63) is 42.5 Å². The van der Waals surface area contributed by atoms with Crippen molar-refractivity contribution in [2.24, 2.45) is 0 Å². The lowest BCUT2D eigenvalue weighted by atomic mass is 9.95. The molecule has 4 nitrogen and oxygen atoms in total. The second-order valence-electron chi connectivity index (χ2n) is 6.17. The smallest absolute Gasteiger partial charge is 0.235 e. The quantitative estimate of drug-likeness (QED) is 0.936. The van der Waals surface area contributed by atoms with Crippen LogP contribution in [0.25, 0.3) is 10.8 Å². The molecule has 0 radical (unpaired) electrons. The molecule has 0 aromatic heterocycles. The molecular formula is C18H21NO3S. The van der Waals surface area contributed by atoms with Crippen LogP contribution in [0.5, 0.6) is 0 Å². The zero-order valence-corrected chi connectivity index (χ0v) is 13.8. The number of fused-ring (bicyclic) bond motifs is 1. The number of nitrogens with one attached hydrogen (secondary N) is 1. The minimum atomic E-state index is -3.61. The van der Waals surface area contributed by atoms with E-state index in [1.54, 1.807) is 18.2 Å². The first kappa shape index (κ1) is 16.0. The van der Waals surface area contributed by atoms with E-state index in [1.165, 1.54) is 6.42 Å². The Hall–Kier alpha value is -1.88. The Balaban J connectivity index is 1.73. The lowest BCUT2D eigenvalue weighted by Crippen LogP contribution is -2.39. The van der Waals surface area contributed by atoms with Crippen LogP contribution in [0.1, 0.15) is 32.1 Å². The van der Waals surface area contributed by atoms with Gasteiger partial charge in [-0.25, -0.2) is 8.42 Å². The number of benzene rings is 2. The van der Waals surface area contributed by atoms with E-state index in [0.29, 0.717) is 0 Å². The number of hydrogen-bond donors (Lipinski definition) is 1. The number of amides is 1. The summed E-state index contributed by atoms with van der Waals surface area (Å²) in [6.45, 7) is 0. The first-order chi connectivity index (χ1) is 11.0. The van der Waals surface area contributed by atoms with Crippen molar-refractivity contribution >= 4 is 26.5 Å². The van der Waals surface area contributed by atoms with Crippen molar-refractivity contribution in [3.8, 4) is 0 Å². The molecule has 122 valence electrons. The van der Waals surface area contributed by atoms with Crippen molar-refractivity contribution in [3.63, 3.8) is 0 Å². The molecule has 1 aliphatic rings. The molecule has 1 fully saturated rings. The predicted octanol–water partition coefficient (Wildman–Crippen LogP) is 3.06. The highest BCUT2D eigenvalue weighted by atomic mass is 32.2. The Bertz CT molecular complexity index is 808. The van der Waals surface area contributed by atoms with Gasteiger partial charge in [0.05, 0.1) is 4.90 Å². The van der Waals surface area contributed by atoms with E-state index < -0.39 is 21.5 Å². The highest BCUT2D eigenvalue weighted by Crippen LogP contribution is 2.20. The Morgan fingerprint density at radius 3 is 2.43 bits per heavy atom. The molecule has 1 amide bonds. The Kier molecular flexibility index (Phi) is 4.66. The second kappa shape index (κ2) is 6.71. The molecule has 2 aromatic rings. The van der Waals surface area contributed by atoms with Gasteiger partial charge >= 0.3 is 0 Å². The van der Waals surface area contributed by atoms with Crippen molar-refractivity contribution < 1.29 is 13.2 Å². The van der Waals surface area contributed by atoms with Gasteiger partial charge in [-0.05, 0) is 35.7 Å². The second-order valence-corrected chi connectivity index (χ2v) is 8.16. The number of rotatable bonds is 4. The van der Waals surface area contributed by atoms with Crippen LogP contribution in [0.2, 0.25) is 0 Å². The van der Waals surface area contributed by atoms with Crippen molar-refractivity contribution in [1.82, 2.24) is 5.32 Å². The predicted molar refractivity (Wildman–Crippen MR) is 91.0 cm³/mol. The van der Waals surface area contributed by atoms with Gasteiger partial charge in [0.2, 0.25) is 5.91 Å². The summed E-state index contributed by atoms with van der Waals surface area (Å²) in [7, 11) is -3.61. The molecule has 0 bridgehead atoms. The average molecular weight is 331 g/mol. The summed E-state index contributed by atoms with van der Waals surface area (Å²) in [5, 5.41) is 4.71. The van der Waals surface area contributed by atoms with Crippen LogP contribution >= 0.6 is 0 Å². The van der Waals surface area contributed by atoms with E-state index in [9.17, 15) is 13.2 Å². The minimum absolute atomic E-state index is 0.128. The van der Waals surface area contributed by atoms with Gasteiger partial charge in [0.25, 0.3) is 0 Å². The Labute approximate surface area is 136 Å². The van der Waals surface area contributed by atoms with E-state index in [1.807, 2.05) is 24.3 Å². The fraction of sp³-hybridized carbons (Fsp3) is 0.389. The van der Waals surface area contributed by atoms with Crippen molar-refractivity contribution in [2.45, 2.75) is 43.0 Å². The largest absolute Gasteiger partial charge is 0.352 e. The van der Waals surface area contributed by atoms with Crippen LogP contribution in [0, 0.1) is 0 Å². The monoisotopic (exact) mass is 331 g/mol. The van der Waals surface area contributed by atoms with Gasteiger partial charge in [-0.2, -0.15) is 0 Å². The first-order valence-electron chi connectivity index (χ1n) is 8.05. The maximum atomic E-state index is 12.5. The van der Waals surface area contributed by atoms with Gasteiger partial charge in [-0.3, -0.25) is 4.79 Å². The lowest BCUT2D eigenvalue weighted by molar-refractivity contribution is -0.119. The van der Waals surface area contributed by atoms with E-state index in [0.717, 1.165) is 36.5 Å². The minimum Gasteiger partial charge on any atom is -0.352 e. The van der Waals surface area contributed by atoms with Crippen LogP contribution in [0.15, 0.2) is 47.4 Å². The molecule has 1 aliphatic carbocycles. The fourth-order valence-corrected chi connectivity index (χ4v) is 4.31. The third-order valence-corrected chi connectivity index (χ3v) is 5.99. The van der Waals surface area contributed by atoms with E-state index in [4.69, 9.17) is 0 Å². The molecule has 0 atom stereocenters. The van der Waals surface area contributed by atoms with Crippen molar-refractivity contribution in [2.75, 3.05) is 5.75 Å². The summed E-state index contributed by atoms with van der Waals surface area (Å²) >= 11 is 0. The molecule has 23 heavy (non-hydrogen) atoms. The van der Waals surface area contributed by atoms with Crippen LogP contribution in [-0.2, 0) is 14.6 Å². The summed E-state index contributed by atoms with van der Waals surface area (Å²) in [5.41, 5.74) is 0. The summed E-state index contributed by atoms with van der Waals surface area (Å²) in [4.78, 5) is 12.3. The number of carbonyl (C=O) groups excluding carboxylic acids is 1. The van der Waals surface area contributed by atoms with Gasteiger partial charge in [0.1, 0.15) is 5.75 Å². The normalized spacial score (nSPS) is 16.3. The Morgan fingerprint density at radius 2 is 1.70 bits per heavy atom. The van der Waals surface area contributed by atoms with Gasteiger partial charge in [0, 0.05) is 6.04 Å². The zero-order chi connectivity index (χ0) is 16.3. The van der Waals surface area contributed by atoms with E-state index in [-0.39, 0.29) is 10.9 Å². The molecule has 0 spiro atoms. The Morgan fingerprint density at radius 1 is 1.00 bits per heavy atom. The molecule has 2 aromatic carbocycles. The zero-order valence-electron chi connectivity index (χ0n) is 13.0. The summed E-state index contributed by atoms with van der Waals surface area (Å²) in [6.07, 6.45) is 5.29. The third kappa shape index (κ3) is 3.91. The summed E-state index contributed by atoms with van der Waals surface area (Å²) in [6, 6.07) is 12.7. The molecule has 5 heteroatoms. The molecule has 1 saturated carbocycles. The molecule has 1 N–H and O–H groups in total. The maximum Gasteiger partial charge on any atom is 0.235 e. The molecule has 3 rings (SSSR count). The lowest BCUT2D eigenvalue weighted by Gasteiger charge is -2.22. The number of hydrogen-bond acceptors (Lipinski definition) is 3. The molecular weight excluding hydrogens is 310 g/mol. The number of sulfone groups is 1. The summed E-state index contributed by atoms with van der Waals surface area (Å²) in [5.74, 6) is -0.882. The van der Waals surface area contributed by atoms with Gasteiger partial charge < -0.3 is 5.32 Å². The molecule has 0 unspecified atom stereocenters. The topological polar surface area (TPSA) is 63.2 Å². The van der Waals surface area contributed by atoms with Crippen LogP contribution in [0.4, 0.5) is 0 Å². The fourth-order valence-electron chi connectivity index (χ4n) is 3.13. The molecule has 0 saturated heterocycles. The van der Waals surface area contributed by atoms with Gasteiger partial charge in [-0.15, -0.1) is 0 Å². The highest BCUT2D eigenvalue weighted by molar-refractivity contribution is 7.92. The van der Waals surface area contributed by atoms with Crippen LogP contribution in [0.3, 0.4) is 0 Å². The third-order valence-electron chi connectivity index (χ3n) is 4.37. The average Bonchev–Trinajstić information content (AvgIpc) is 2.54. The highest BCUT2D eigenvalue weighted by Gasteiger charge is 2.22. The van der Waals surface area contributed by atoms with Crippen LogP contribution < -0.4 is 5.32 Å².